The highest BCUT2D eigenvalue weighted by atomic mass is 16.5. The molecule has 0 saturated heterocycles. The lowest BCUT2D eigenvalue weighted by molar-refractivity contribution is -0.660. The Hall–Kier alpha value is -5.22. The molecule has 186 valence electrons. The number of ether oxygens (including phenoxy) is 1. The zero-order valence-corrected chi connectivity index (χ0v) is 21.5. The van der Waals surface area contributed by atoms with Crippen LogP contribution in [0.15, 0.2) is 140 Å². The molecule has 39 heavy (non-hydrogen) atoms. The largest absolute Gasteiger partial charge is 0.451 e. The van der Waals surface area contributed by atoms with Gasteiger partial charge in [0.15, 0.2) is 23.5 Å². The molecule has 0 aliphatic carbocycles. The molecule has 0 bridgehead atoms. The van der Waals surface area contributed by atoms with E-state index in [1.54, 1.807) is 6.20 Å². The average Bonchev–Trinajstić information content (AvgIpc) is 3.01. The number of anilines is 3. The van der Waals surface area contributed by atoms with Crippen molar-refractivity contribution in [3.63, 3.8) is 0 Å². The first-order chi connectivity index (χ1) is 19.2. The quantitative estimate of drug-likeness (QED) is 0.225. The van der Waals surface area contributed by atoms with Gasteiger partial charge < -0.3 is 4.74 Å². The topological polar surface area (TPSA) is 29.2 Å². The first-order valence-corrected chi connectivity index (χ1v) is 13.0. The van der Waals surface area contributed by atoms with Crippen LogP contribution in [0.1, 0.15) is 0 Å². The van der Waals surface area contributed by atoms with E-state index in [0.29, 0.717) is 0 Å². The van der Waals surface area contributed by atoms with E-state index in [1.165, 1.54) is 22.3 Å². The Balaban J connectivity index is 1.28. The fourth-order valence-electron chi connectivity index (χ4n) is 5.18. The van der Waals surface area contributed by atoms with Crippen LogP contribution < -0.4 is 14.2 Å². The lowest BCUT2D eigenvalue weighted by atomic mass is 9.99. The minimum absolute atomic E-state index is 0.744. The number of hydrogen-bond acceptors (Lipinski definition) is 3. The van der Waals surface area contributed by atoms with Gasteiger partial charge in [0.2, 0.25) is 5.69 Å². The second kappa shape index (κ2) is 9.58. The summed E-state index contributed by atoms with van der Waals surface area (Å²) in [5.74, 6) is 2.34. The van der Waals surface area contributed by atoms with Gasteiger partial charge in [-0.3, -0.25) is 4.90 Å². The molecule has 0 saturated carbocycles. The summed E-state index contributed by atoms with van der Waals surface area (Å²) in [7, 11) is 2.09. The van der Waals surface area contributed by atoms with Gasteiger partial charge in [-0.15, -0.1) is 0 Å². The summed E-state index contributed by atoms with van der Waals surface area (Å²) in [6.07, 6.45) is 3.93. The predicted octanol–water partition coefficient (Wildman–Crippen LogP) is 8.48. The van der Waals surface area contributed by atoms with Crippen LogP contribution in [0, 0.1) is 0 Å². The Bertz CT molecular complexity index is 1750. The van der Waals surface area contributed by atoms with E-state index in [4.69, 9.17) is 4.74 Å². The van der Waals surface area contributed by atoms with Crippen molar-refractivity contribution in [2.24, 2.45) is 7.05 Å². The lowest BCUT2D eigenvalue weighted by Gasteiger charge is -2.31. The molecular formula is C35H26N3O+. The fraction of sp³-hybridized carbons (Fsp3) is 0.0286. The lowest BCUT2D eigenvalue weighted by Crippen LogP contribution is -2.30. The molecule has 0 spiro atoms. The molecule has 0 fully saturated rings. The number of nitrogens with zero attached hydrogens (tertiary/aromatic N) is 3. The Labute approximate surface area is 228 Å². The molecule has 0 amide bonds. The number of aryl methyl sites for hydroxylation is 1. The standard InChI is InChI=1S/C35H26N3O/c1-37-22-20-28(27-18-16-26(17-19-27)25-9-3-2-4-10-25)24-32(37)29-11-7-12-30(23-29)38-31-13-5-6-14-33(31)39-34-15-8-21-36-35(34)38/h2-24H,1H3/q+1. The van der Waals surface area contributed by atoms with Crippen molar-refractivity contribution in [3.8, 4) is 45.0 Å². The smallest absolute Gasteiger partial charge is 0.212 e. The molecule has 4 aromatic carbocycles. The SMILES string of the molecule is C[n+]1ccc(-c2ccc(-c3ccccc3)cc2)cc1-c1cccc(N2c3ccccc3Oc3cccnc32)c1. The maximum atomic E-state index is 6.16. The van der Waals surface area contributed by atoms with Gasteiger partial charge in [0.05, 0.1) is 5.69 Å². The molecule has 4 nitrogen and oxygen atoms in total. The molecule has 2 aromatic heterocycles. The summed E-state index contributed by atoms with van der Waals surface area (Å²) < 4.78 is 8.32. The Morgan fingerprint density at radius 2 is 1.28 bits per heavy atom. The van der Waals surface area contributed by atoms with E-state index in [-0.39, 0.29) is 0 Å². The highest BCUT2D eigenvalue weighted by molar-refractivity contribution is 5.85. The average molecular weight is 505 g/mol. The Morgan fingerprint density at radius 3 is 2.13 bits per heavy atom. The minimum atomic E-state index is 0.744. The van der Waals surface area contributed by atoms with E-state index in [9.17, 15) is 0 Å². The van der Waals surface area contributed by atoms with Crippen LogP contribution >= 0.6 is 0 Å². The first-order valence-electron chi connectivity index (χ1n) is 13.0. The minimum Gasteiger partial charge on any atom is -0.451 e. The number of pyridine rings is 2. The highest BCUT2D eigenvalue weighted by Crippen LogP contribution is 2.49. The van der Waals surface area contributed by atoms with Crippen molar-refractivity contribution in [1.82, 2.24) is 4.98 Å². The molecular weight excluding hydrogens is 478 g/mol. The monoisotopic (exact) mass is 504 g/mol. The third-order valence-electron chi connectivity index (χ3n) is 7.16. The van der Waals surface area contributed by atoms with Crippen molar-refractivity contribution in [2.45, 2.75) is 0 Å². The van der Waals surface area contributed by atoms with E-state index >= 15 is 0 Å². The summed E-state index contributed by atoms with van der Waals surface area (Å²) in [6, 6.07) is 44.2. The predicted molar refractivity (Wildman–Crippen MR) is 156 cm³/mol. The molecule has 7 rings (SSSR count). The van der Waals surface area contributed by atoms with Gasteiger partial charge in [-0.2, -0.15) is 0 Å². The van der Waals surface area contributed by atoms with E-state index < -0.39 is 0 Å². The Morgan fingerprint density at radius 1 is 0.590 bits per heavy atom. The van der Waals surface area contributed by atoms with Gasteiger partial charge in [-0.1, -0.05) is 72.8 Å². The molecule has 4 heteroatoms. The van der Waals surface area contributed by atoms with Crippen molar-refractivity contribution in [3.05, 3.63) is 140 Å². The maximum absolute atomic E-state index is 6.16. The third kappa shape index (κ3) is 4.22. The molecule has 1 aliphatic heterocycles. The van der Waals surface area contributed by atoms with Gasteiger partial charge in [0.1, 0.15) is 7.05 Å². The van der Waals surface area contributed by atoms with Crippen LogP contribution in [-0.2, 0) is 7.05 Å². The first kappa shape index (κ1) is 22.9. The summed E-state index contributed by atoms with van der Waals surface area (Å²) >= 11 is 0. The van der Waals surface area contributed by atoms with Gasteiger partial charge in [-0.25, -0.2) is 9.55 Å². The number of fused-ring (bicyclic) bond motifs is 2. The van der Waals surface area contributed by atoms with Crippen LogP contribution in [0.25, 0.3) is 33.5 Å². The Kier molecular flexibility index (Phi) is 5.64. The zero-order valence-electron chi connectivity index (χ0n) is 21.5. The second-order valence-electron chi connectivity index (χ2n) is 9.64. The normalized spacial score (nSPS) is 11.9. The molecule has 1 aliphatic rings. The summed E-state index contributed by atoms with van der Waals surface area (Å²) in [5, 5.41) is 0. The summed E-state index contributed by atoms with van der Waals surface area (Å²) in [6.45, 7) is 0. The molecule has 3 heterocycles. The van der Waals surface area contributed by atoms with Crippen LogP contribution in [0.5, 0.6) is 11.5 Å². The molecule has 6 aromatic rings. The number of benzene rings is 4. The third-order valence-corrected chi connectivity index (χ3v) is 7.16. The van der Waals surface area contributed by atoms with Crippen molar-refractivity contribution in [1.29, 1.82) is 0 Å². The van der Waals surface area contributed by atoms with Crippen LogP contribution in [0.2, 0.25) is 0 Å². The number of para-hydroxylation sites is 2. The van der Waals surface area contributed by atoms with Gasteiger partial charge in [0, 0.05) is 29.6 Å². The van der Waals surface area contributed by atoms with E-state index in [1.807, 2.05) is 36.4 Å². The van der Waals surface area contributed by atoms with Gasteiger partial charge in [-0.05, 0) is 64.7 Å². The molecule has 0 N–H and O–H groups in total. The zero-order chi connectivity index (χ0) is 26.2. The number of hydrogen-bond donors (Lipinski definition) is 0. The molecule has 0 unspecified atom stereocenters. The number of rotatable bonds is 4. The highest BCUT2D eigenvalue weighted by Gasteiger charge is 2.27. The van der Waals surface area contributed by atoms with E-state index in [0.717, 1.165) is 39.9 Å². The van der Waals surface area contributed by atoms with Crippen LogP contribution in [0.3, 0.4) is 0 Å². The maximum Gasteiger partial charge on any atom is 0.212 e. The molecule has 0 atom stereocenters. The molecule has 0 radical (unpaired) electrons. The van der Waals surface area contributed by atoms with Crippen LogP contribution in [-0.4, -0.2) is 4.98 Å². The van der Waals surface area contributed by atoms with Crippen LogP contribution in [0.4, 0.5) is 17.2 Å². The summed E-state index contributed by atoms with van der Waals surface area (Å²) in [5.41, 5.74) is 9.06. The van der Waals surface area contributed by atoms with Crippen molar-refractivity contribution < 1.29 is 9.30 Å². The van der Waals surface area contributed by atoms with Crippen molar-refractivity contribution >= 4 is 17.2 Å². The summed E-state index contributed by atoms with van der Waals surface area (Å²) in [4.78, 5) is 6.84. The second-order valence-corrected chi connectivity index (χ2v) is 9.64. The van der Waals surface area contributed by atoms with E-state index in [2.05, 4.69) is 119 Å². The van der Waals surface area contributed by atoms with Crippen molar-refractivity contribution in [2.75, 3.05) is 4.90 Å². The fourth-order valence-corrected chi connectivity index (χ4v) is 5.18. The van der Waals surface area contributed by atoms with Gasteiger partial charge in [0.25, 0.3) is 0 Å². The van der Waals surface area contributed by atoms with Gasteiger partial charge >= 0.3 is 0 Å². The number of aromatic nitrogens is 2.